The maximum Gasteiger partial charge on any atom is 0.0266 e. The number of rotatable bonds is 2. The van der Waals surface area contributed by atoms with Crippen LogP contribution in [-0.4, -0.2) is 0 Å². The topological polar surface area (TPSA) is 26.0 Å². The summed E-state index contributed by atoms with van der Waals surface area (Å²) in [5, 5.41) is 0. The van der Waals surface area contributed by atoms with Crippen molar-refractivity contribution in [2.75, 3.05) is 0 Å². The highest BCUT2D eigenvalue weighted by molar-refractivity contribution is 5.63. The largest absolute Gasteiger partial charge is 0.324 e. The Bertz CT molecular complexity index is 415. The minimum atomic E-state index is 0.106. The Morgan fingerprint density at radius 1 is 0.765 bits per heavy atom. The van der Waals surface area contributed by atoms with Gasteiger partial charge in [-0.15, -0.1) is 0 Å². The van der Waals surface area contributed by atoms with Crippen LogP contribution < -0.4 is 5.73 Å². The average molecular weight is 227 g/mol. The zero-order valence-electron chi connectivity index (χ0n) is 10.9. The summed E-state index contributed by atoms with van der Waals surface area (Å²) in [7, 11) is 0. The lowest BCUT2D eigenvalue weighted by atomic mass is 10.0. The fourth-order valence-corrected chi connectivity index (χ4v) is 1.61. The molecule has 0 aliphatic carbocycles. The highest BCUT2D eigenvalue weighted by Gasteiger charge is 1.99. The number of nitrogens with two attached hydrogens (primary N) is 1. The maximum absolute atomic E-state index is 5.80. The molecule has 2 aromatic carbocycles. The minimum Gasteiger partial charge on any atom is -0.324 e. The van der Waals surface area contributed by atoms with Crippen LogP contribution in [0.1, 0.15) is 32.4 Å². The molecule has 0 amide bonds. The van der Waals surface area contributed by atoms with Gasteiger partial charge in [-0.1, -0.05) is 68.4 Å². The fourth-order valence-electron chi connectivity index (χ4n) is 1.61. The zero-order chi connectivity index (χ0) is 12.7. The summed E-state index contributed by atoms with van der Waals surface area (Å²) in [6, 6.07) is 18.9. The molecule has 1 atom stereocenters. The standard InChI is InChI=1S/C14H15N.C2H6/c1-11(15)12-7-9-14(10-8-12)13-5-3-2-4-6-13;1-2/h2-11H,15H2,1H3;1-2H3. The highest BCUT2D eigenvalue weighted by atomic mass is 14.6. The molecule has 0 aliphatic rings. The van der Waals surface area contributed by atoms with Crippen LogP contribution in [0.3, 0.4) is 0 Å². The lowest BCUT2D eigenvalue weighted by molar-refractivity contribution is 0.818. The summed E-state index contributed by atoms with van der Waals surface area (Å²) in [6.07, 6.45) is 0. The molecule has 0 aromatic heterocycles. The summed E-state index contributed by atoms with van der Waals surface area (Å²) in [4.78, 5) is 0. The first-order valence-corrected chi connectivity index (χ1v) is 6.18. The molecule has 0 saturated heterocycles. The third-order valence-corrected chi connectivity index (χ3v) is 2.54. The summed E-state index contributed by atoms with van der Waals surface area (Å²) in [6.45, 7) is 6.00. The molecule has 1 heteroatoms. The Morgan fingerprint density at radius 2 is 1.24 bits per heavy atom. The quantitative estimate of drug-likeness (QED) is 0.808. The van der Waals surface area contributed by atoms with Crippen molar-refractivity contribution in [3.05, 3.63) is 60.2 Å². The van der Waals surface area contributed by atoms with Crippen LogP contribution in [0.5, 0.6) is 0 Å². The number of hydrogen-bond donors (Lipinski definition) is 1. The Morgan fingerprint density at radius 3 is 1.71 bits per heavy atom. The molecule has 0 fully saturated rings. The van der Waals surface area contributed by atoms with Gasteiger partial charge in [-0.05, 0) is 23.6 Å². The molecule has 0 heterocycles. The molecule has 1 unspecified atom stereocenters. The normalized spacial score (nSPS) is 11.3. The predicted octanol–water partition coefficient (Wildman–Crippen LogP) is 4.40. The summed E-state index contributed by atoms with van der Waals surface area (Å²) >= 11 is 0. The van der Waals surface area contributed by atoms with Crippen LogP contribution in [0.15, 0.2) is 54.6 Å². The second-order valence-electron chi connectivity index (χ2n) is 3.78. The minimum absolute atomic E-state index is 0.106. The second kappa shape index (κ2) is 6.87. The van der Waals surface area contributed by atoms with Crippen LogP contribution in [0.4, 0.5) is 0 Å². The van der Waals surface area contributed by atoms with Gasteiger partial charge >= 0.3 is 0 Å². The number of benzene rings is 2. The van der Waals surface area contributed by atoms with E-state index in [9.17, 15) is 0 Å². The van der Waals surface area contributed by atoms with Gasteiger partial charge in [-0.3, -0.25) is 0 Å². The summed E-state index contributed by atoms with van der Waals surface area (Å²) < 4.78 is 0. The molecular weight excluding hydrogens is 206 g/mol. The van der Waals surface area contributed by atoms with Crippen molar-refractivity contribution in [3.63, 3.8) is 0 Å². The molecule has 0 saturated carbocycles. The van der Waals surface area contributed by atoms with E-state index in [0.29, 0.717) is 0 Å². The van der Waals surface area contributed by atoms with Gasteiger partial charge in [0.05, 0.1) is 0 Å². The Hall–Kier alpha value is -1.60. The summed E-state index contributed by atoms with van der Waals surface area (Å²) in [5.74, 6) is 0. The molecule has 2 N–H and O–H groups in total. The molecule has 2 rings (SSSR count). The van der Waals surface area contributed by atoms with E-state index in [4.69, 9.17) is 5.73 Å². The molecule has 0 spiro atoms. The van der Waals surface area contributed by atoms with E-state index < -0.39 is 0 Å². The molecule has 90 valence electrons. The first-order chi connectivity index (χ1) is 8.27. The monoisotopic (exact) mass is 227 g/mol. The first-order valence-electron chi connectivity index (χ1n) is 6.18. The predicted molar refractivity (Wildman–Crippen MR) is 75.8 cm³/mol. The Labute approximate surface area is 104 Å². The lowest BCUT2D eigenvalue weighted by Gasteiger charge is -2.06. The molecule has 0 aliphatic heterocycles. The molecule has 1 nitrogen and oxygen atoms in total. The van der Waals surface area contributed by atoms with Gasteiger partial charge in [0.25, 0.3) is 0 Å². The van der Waals surface area contributed by atoms with Crippen LogP contribution in [0.2, 0.25) is 0 Å². The van der Waals surface area contributed by atoms with Gasteiger partial charge in [0, 0.05) is 6.04 Å². The SMILES string of the molecule is CC.CC(N)c1ccc(-c2ccccc2)cc1. The van der Waals surface area contributed by atoms with E-state index in [2.05, 4.69) is 48.5 Å². The van der Waals surface area contributed by atoms with Gasteiger partial charge in [0.15, 0.2) is 0 Å². The van der Waals surface area contributed by atoms with Gasteiger partial charge in [-0.25, -0.2) is 0 Å². The van der Waals surface area contributed by atoms with E-state index in [1.54, 1.807) is 0 Å². The van der Waals surface area contributed by atoms with E-state index in [1.165, 1.54) is 16.7 Å². The van der Waals surface area contributed by atoms with Crippen molar-refractivity contribution in [1.82, 2.24) is 0 Å². The molecule has 0 bridgehead atoms. The average Bonchev–Trinajstić information content (AvgIpc) is 2.42. The van der Waals surface area contributed by atoms with Crippen LogP contribution >= 0.6 is 0 Å². The summed E-state index contributed by atoms with van der Waals surface area (Å²) in [5.41, 5.74) is 9.46. The fraction of sp³-hybridized carbons (Fsp3) is 0.250. The van der Waals surface area contributed by atoms with Crippen molar-refractivity contribution in [1.29, 1.82) is 0 Å². The second-order valence-corrected chi connectivity index (χ2v) is 3.78. The molecule has 0 radical (unpaired) electrons. The van der Waals surface area contributed by atoms with Crippen molar-refractivity contribution < 1.29 is 0 Å². The van der Waals surface area contributed by atoms with Crippen LogP contribution in [0.25, 0.3) is 11.1 Å². The van der Waals surface area contributed by atoms with E-state index in [0.717, 1.165) is 0 Å². The highest BCUT2D eigenvalue weighted by Crippen LogP contribution is 2.20. The van der Waals surface area contributed by atoms with Gasteiger partial charge in [-0.2, -0.15) is 0 Å². The van der Waals surface area contributed by atoms with Gasteiger partial charge in [0.2, 0.25) is 0 Å². The lowest BCUT2D eigenvalue weighted by Crippen LogP contribution is -2.04. The van der Waals surface area contributed by atoms with Crippen molar-refractivity contribution >= 4 is 0 Å². The molecule has 17 heavy (non-hydrogen) atoms. The third-order valence-electron chi connectivity index (χ3n) is 2.54. The van der Waals surface area contributed by atoms with Crippen LogP contribution in [0, 0.1) is 0 Å². The smallest absolute Gasteiger partial charge is 0.0266 e. The molecule has 2 aromatic rings. The van der Waals surface area contributed by atoms with E-state index in [-0.39, 0.29) is 6.04 Å². The van der Waals surface area contributed by atoms with Crippen molar-refractivity contribution in [3.8, 4) is 11.1 Å². The van der Waals surface area contributed by atoms with E-state index in [1.807, 2.05) is 26.8 Å². The maximum atomic E-state index is 5.80. The Balaban J connectivity index is 0.000000686. The van der Waals surface area contributed by atoms with Gasteiger partial charge < -0.3 is 5.73 Å². The molecular formula is C16H21N. The third kappa shape index (κ3) is 3.72. The zero-order valence-corrected chi connectivity index (χ0v) is 10.9. The number of hydrogen-bond acceptors (Lipinski definition) is 1. The first kappa shape index (κ1) is 13.5. The van der Waals surface area contributed by atoms with Crippen LogP contribution in [-0.2, 0) is 0 Å². The van der Waals surface area contributed by atoms with E-state index >= 15 is 0 Å². The van der Waals surface area contributed by atoms with Crippen molar-refractivity contribution in [2.45, 2.75) is 26.8 Å². The Kier molecular flexibility index (Phi) is 5.44. The van der Waals surface area contributed by atoms with Gasteiger partial charge in [0.1, 0.15) is 0 Å². The van der Waals surface area contributed by atoms with Crippen molar-refractivity contribution in [2.24, 2.45) is 5.73 Å².